The number of carbonyl (C=O) groups excluding carboxylic acids is 2. The average Bonchev–Trinajstić information content (AvgIpc) is 3.43. The van der Waals surface area contributed by atoms with Crippen LogP contribution in [0.15, 0.2) is 41.4 Å². The summed E-state index contributed by atoms with van der Waals surface area (Å²) in [5, 5.41) is 16.8. The van der Waals surface area contributed by atoms with Gasteiger partial charge in [-0.3, -0.25) is 14.6 Å². The number of nitrogens with one attached hydrogen (secondary N) is 2. The van der Waals surface area contributed by atoms with Gasteiger partial charge in [0, 0.05) is 57.5 Å². The normalized spacial score (nSPS) is 16.5. The van der Waals surface area contributed by atoms with Crippen LogP contribution in [0.1, 0.15) is 46.8 Å². The second-order valence-corrected chi connectivity index (χ2v) is 10.4. The van der Waals surface area contributed by atoms with Crippen molar-refractivity contribution in [3.05, 3.63) is 68.7 Å². The van der Waals surface area contributed by atoms with Crippen LogP contribution in [0.2, 0.25) is 10.0 Å². The van der Waals surface area contributed by atoms with Crippen LogP contribution < -0.4 is 10.6 Å². The Kier molecular flexibility index (Phi) is 9.17. The fourth-order valence-corrected chi connectivity index (χ4v) is 5.56. The Morgan fingerprint density at radius 2 is 1.89 bits per heavy atom. The largest absolute Gasteiger partial charge is 0.507 e. The van der Waals surface area contributed by atoms with E-state index >= 15 is 0 Å². The quantitative estimate of drug-likeness (QED) is 0.282. The zero-order valence-electron chi connectivity index (χ0n) is 21.6. The number of aliphatic imine (C=N–C) groups is 1. The molecular weight excluding hydrogens is 525 g/mol. The van der Waals surface area contributed by atoms with Gasteiger partial charge in [-0.1, -0.05) is 41.4 Å². The molecule has 0 spiro atoms. The van der Waals surface area contributed by atoms with E-state index in [1.165, 1.54) is 6.08 Å². The number of fused-ring (bicyclic) bond motifs is 1. The zero-order valence-corrected chi connectivity index (χ0v) is 23.1. The first kappa shape index (κ1) is 27.8. The standard InChI is InChI=1S/C28H33Cl2N5O3/c1-18(16-32-28(31-2)34-12-5-6-13-34)33-27(38)25-22(29)15-20-17-35(14-11-21(20)26(25)30)24(37)10-9-19-7-3-4-8-23(19)36/h3-4,7-10,15,18,36H,5-6,11-14,16-17H2,1-2H3,(H,31,32)(H,33,38)/b10-9+. The van der Waals surface area contributed by atoms with Gasteiger partial charge in [0.15, 0.2) is 5.96 Å². The van der Waals surface area contributed by atoms with E-state index in [4.69, 9.17) is 23.2 Å². The highest BCUT2D eigenvalue weighted by molar-refractivity contribution is 6.40. The molecule has 202 valence electrons. The van der Waals surface area contributed by atoms with Crippen LogP contribution in [0, 0.1) is 0 Å². The topological polar surface area (TPSA) is 97.3 Å². The molecule has 4 rings (SSSR count). The molecule has 0 bridgehead atoms. The summed E-state index contributed by atoms with van der Waals surface area (Å²) in [5.74, 6) is 0.430. The fourth-order valence-electron chi connectivity index (χ4n) is 4.80. The Labute approximate surface area is 233 Å². The molecule has 2 heterocycles. The van der Waals surface area contributed by atoms with E-state index in [-0.39, 0.29) is 34.2 Å². The lowest BCUT2D eigenvalue weighted by Crippen LogP contribution is -2.46. The number of aromatic hydroxyl groups is 1. The lowest BCUT2D eigenvalue weighted by molar-refractivity contribution is -0.126. The van der Waals surface area contributed by atoms with Crippen LogP contribution in [-0.2, 0) is 17.8 Å². The smallest absolute Gasteiger partial charge is 0.254 e. The van der Waals surface area contributed by atoms with Crippen molar-refractivity contribution in [3.8, 4) is 5.75 Å². The third-order valence-corrected chi connectivity index (χ3v) is 7.56. The van der Waals surface area contributed by atoms with Crippen LogP contribution in [0.25, 0.3) is 6.08 Å². The maximum atomic E-state index is 13.1. The first-order chi connectivity index (χ1) is 18.3. The molecule has 1 fully saturated rings. The first-order valence-corrected chi connectivity index (χ1v) is 13.5. The number of hydrogen-bond donors (Lipinski definition) is 3. The van der Waals surface area contributed by atoms with Crippen LogP contribution in [0.4, 0.5) is 0 Å². The van der Waals surface area contributed by atoms with Gasteiger partial charge in [-0.15, -0.1) is 0 Å². The van der Waals surface area contributed by atoms with Crippen molar-refractivity contribution in [2.45, 2.75) is 38.8 Å². The van der Waals surface area contributed by atoms with Crippen molar-refractivity contribution < 1.29 is 14.7 Å². The molecular formula is C28H33Cl2N5O3. The summed E-state index contributed by atoms with van der Waals surface area (Å²) in [7, 11) is 1.76. The molecule has 2 aromatic carbocycles. The van der Waals surface area contributed by atoms with E-state index in [0.717, 1.165) is 43.0 Å². The van der Waals surface area contributed by atoms with E-state index in [1.54, 1.807) is 48.4 Å². The minimum absolute atomic E-state index is 0.112. The summed E-state index contributed by atoms with van der Waals surface area (Å²) in [5.41, 5.74) is 2.46. The number of rotatable bonds is 6. The van der Waals surface area contributed by atoms with Gasteiger partial charge in [-0.05, 0) is 55.5 Å². The van der Waals surface area contributed by atoms with Gasteiger partial charge in [0.2, 0.25) is 5.91 Å². The molecule has 38 heavy (non-hydrogen) atoms. The molecule has 0 saturated carbocycles. The summed E-state index contributed by atoms with van der Waals surface area (Å²) in [6.45, 7) is 5.17. The third-order valence-electron chi connectivity index (χ3n) is 6.85. The number of benzene rings is 2. The van der Waals surface area contributed by atoms with Crippen molar-refractivity contribution in [2.75, 3.05) is 33.2 Å². The molecule has 2 aliphatic heterocycles. The molecule has 3 N–H and O–H groups in total. The summed E-state index contributed by atoms with van der Waals surface area (Å²) in [6.07, 6.45) is 5.85. The van der Waals surface area contributed by atoms with Gasteiger partial charge in [0.25, 0.3) is 5.91 Å². The number of carbonyl (C=O) groups is 2. The number of halogens is 2. The van der Waals surface area contributed by atoms with Gasteiger partial charge in [0.05, 0.1) is 15.6 Å². The predicted octanol–water partition coefficient (Wildman–Crippen LogP) is 4.09. The second kappa shape index (κ2) is 12.5. The maximum absolute atomic E-state index is 13.1. The molecule has 0 radical (unpaired) electrons. The van der Waals surface area contributed by atoms with Crippen LogP contribution in [0.3, 0.4) is 0 Å². The minimum Gasteiger partial charge on any atom is -0.507 e. The highest BCUT2D eigenvalue weighted by Gasteiger charge is 2.27. The van der Waals surface area contributed by atoms with Gasteiger partial charge in [0.1, 0.15) is 5.75 Å². The molecule has 2 aliphatic rings. The van der Waals surface area contributed by atoms with Crippen molar-refractivity contribution in [3.63, 3.8) is 0 Å². The van der Waals surface area contributed by atoms with Gasteiger partial charge >= 0.3 is 0 Å². The second-order valence-electron chi connectivity index (χ2n) is 9.58. The monoisotopic (exact) mass is 557 g/mol. The van der Waals surface area contributed by atoms with Crippen LogP contribution in [-0.4, -0.2) is 71.9 Å². The highest BCUT2D eigenvalue weighted by atomic mass is 35.5. The molecule has 0 aromatic heterocycles. The zero-order chi connectivity index (χ0) is 27.2. The van der Waals surface area contributed by atoms with Gasteiger partial charge in [-0.25, -0.2) is 0 Å². The molecule has 1 atom stereocenters. The Bertz CT molecular complexity index is 1260. The van der Waals surface area contributed by atoms with E-state index < -0.39 is 0 Å². The summed E-state index contributed by atoms with van der Waals surface area (Å²) >= 11 is 13.2. The van der Waals surface area contributed by atoms with Crippen LogP contribution >= 0.6 is 23.2 Å². The Morgan fingerprint density at radius 3 is 2.61 bits per heavy atom. The molecule has 1 saturated heterocycles. The number of phenols is 1. The molecule has 2 aromatic rings. The number of para-hydroxylation sites is 1. The average molecular weight is 559 g/mol. The molecule has 1 unspecified atom stereocenters. The predicted molar refractivity (Wildman–Crippen MR) is 152 cm³/mol. The number of guanidine groups is 1. The summed E-state index contributed by atoms with van der Waals surface area (Å²) in [4.78, 5) is 34.1. The number of likely N-dealkylation sites (tertiary alicyclic amines) is 1. The minimum atomic E-state index is -0.336. The highest BCUT2D eigenvalue weighted by Crippen LogP contribution is 2.34. The Balaban J connectivity index is 1.39. The lowest BCUT2D eigenvalue weighted by Gasteiger charge is -2.30. The Morgan fingerprint density at radius 1 is 1.16 bits per heavy atom. The number of nitrogens with zero attached hydrogens (tertiary/aromatic N) is 3. The Hall–Kier alpha value is -3.23. The summed E-state index contributed by atoms with van der Waals surface area (Å²) < 4.78 is 0. The fraction of sp³-hybridized carbons (Fsp3) is 0.393. The number of hydrogen-bond acceptors (Lipinski definition) is 4. The van der Waals surface area contributed by atoms with E-state index in [1.807, 2.05) is 6.92 Å². The van der Waals surface area contributed by atoms with Crippen molar-refractivity contribution in [1.29, 1.82) is 0 Å². The van der Waals surface area contributed by atoms with Crippen molar-refractivity contribution in [1.82, 2.24) is 20.4 Å². The van der Waals surface area contributed by atoms with Gasteiger partial charge < -0.3 is 25.5 Å². The molecule has 0 aliphatic carbocycles. The first-order valence-electron chi connectivity index (χ1n) is 12.8. The van der Waals surface area contributed by atoms with E-state index in [9.17, 15) is 14.7 Å². The number of amides is 2. The maximum Gasteiger partial charge on any atom is 0.254 e. The summed E-state index contributed by atoms with van der Waals surface area (Å²) in [6, 6.07) is 8.36. The number of phenolic OH excluding ortho intramolecular Hbond substituents is 1. The SMILES string of the molecule is C/N=C(/NCC(C)NC(=O)c1c(Cl)cc2c(c1Cl)CCN(C(=O)/C=C/c1ccccc1O)C2)N1CCCC1. The van der Waals surface area contributed by atoms with E-state index in [0.29, 0.717) is 36.6 Å². The van der Waals surface area contributed by atoms with Crippen molar-refractivity contribution >= 4 is 47.1 Å². The van der Waals surface area contributed by atoms with Gasteiger partial charge in [-0.2, -0.15) is 0 Å². The molecule has 8 nitrogen and oxygen atoms in total. The van der Waals surface area contributed by atoms with E-state index in [2.05, 4.69) is 20.5 Å². The lowest BCUT2D eigenvalue weighted by atomic mass is 9.96. The third kappa shape index (κ3) is 6.42. The molecule has 10 heteroatoms. The van der Waals surface area contributed by atoms with Crippen molar-refractivity contribution in [2.24, 2.45) is 4.99 Å². The molecule has 2 amide bonds. The van der Waals surface area contributed by atoms with Crippen LogP contribution in [0.5, 0.6) is 5.75 Å².